The molecule has 0 bridgehead atoms. The van der Waals surface area contributed by atoms with Gasteiger partial charge >= 0.3 is 0 Å². The third kappa shape index (κ3) is 3.36. The van der Waals surface area contributed by atoms with Crippen LogP contribution in [0.4, 0.5) is 5.69 Å². The molecule has 0 aliphatic carbocycles. The fourth-order valence-corrected chi connectivity index (χ4v) is 2.07. The molecule has 0 saturated heterocycles. The second-order valence-electron chi connectivity index (χ2n) is 6.59. The minimum atomic E-state index is -1.05. The lowest BCUT2D eigenvalue weighted by atomic mass is 9.88. The molecule has 5 nitrogen and oxygen atoms in total. The van der Waals surface area contributed by atoms with Gasteiger partial charge in [0.2, 0.25) is 0 Å². The molecule has 1 atom stereocenters. The lowest BCUT2D eigenvalue weighted by Crippen LogP contribution is -2.38. The number of hydrogen-bond donors (Lipinski definition) is 2. The van der Waals surface area contributed by atoms with E-state index in [1.807, 2.05) is 63.5 Å². The summed E-state index contributed by atoms with van der Waals surface area (Å²) >= 11 is 0. The third-order valence-corrected chi connectivity index (χ3v) is 3.73. The summed E-state index contributed by atoms with van der Waals surface area (Å²) in [7, 11) is 0. The van der Waals surface area contributed by atoms with Crippen molar-refractivity contribution in [1.82, 2.24) is 9.55 Å². The summed E-state index contributed by atoms with van der Waals surface area (Å²) in [6, 6.07) is 7.45. The predicted molar refractivity (Wildman–Crippen MR) is 87.1 cm³/mol. The maximum Gasteiger partial charge on any atom is 0.253 e. The van der Waals surface area contributed by atoms with E-state index in [0.29, 0.717) is 5.69 Å². The van der Waals surface area contributed by atoms with Gasteiger partial charge in [0.25, 0.3) is 5.91 Å². The van der Waals surface area contributed by atoms with Crippen molar-refractivity contribution in [3.63, 3.8) is 0 Å². The number of carbonyl (C=O) groups is 1. The molecular weight excluding hydrogens is 278 g/mol. The number of anilines is 1. The highest BCUT2D eigenvalue weighted by Crippen LogP contribution is 2.21. The van der Waals surface area contributed by atoms with Gasteiger partial charge < -0.3 is 15.0 Å². The zero-order chi connectivity index (χ0) is 16.5. The van der Waals surface area contributed by atoms with Crippen molar-refractivity contribution in [2.75, 3.05) is 5.32 Å². The topological polar surface area (TPSA) is 67.2 Å². The smallest absolute Gasteiger partial charge is 0.253 e. The van der Waals surface area contributed by atoms with E-state index in [9.17, 15) is 9.90 Å². The molecule has 1 heterocycles. The molecule has 22 heavy (non-hydrogen) atoms. The van der Waals surface area contributed by atoms with Gasteiger partial charge in [0.15, 0.2) is 0 Å². The Morgan fingerprint density at radius 3 is 2.27 bits per heavy atom. The monoisotopic (exact) mass is 301 g/mol. The highest BCUT2D eigenvalue weighted by atomic mass is 16.3. The maximum atomic E-state index is 12.0. The fraction of sp³-hybridized carbons (Fsp3) is 0.412. The molecular formula is C17H23N3O2. The molecule has 1 amide bonds. The zero-order valence-electron chi connectivity index (χ0n) is 13.7. The number of benzene rings is 1. The first-order valence-corrected chi connectivity index (χ1v) is 7.30. The van der Waals surface area contributed by atoms with Crippen LogP contribution in [0, 0.1) is 19.3 Å². The lowest BCUT2D eigenvalue weighted by Gasteiger charge is -2.24. The average Bonchev–Trinajstić information content (AvgIpc) is 2.78. The summed E-state index contributed by atoms with van der Waals surface area (Å²) in [5, 5.41) is 12.7. The Bertz CT molecular complexity index is 666. The highest BCUT2D eigenvalue weighted by Gasteiger charge is 2.28. The molecule has 0 fully saturated rings. The van der Waals surface area contributed by atoms with Gasteiger partial charge in [0.05, 0.1) is 12.0 Å². The van der Waals surface area contributed by atoms with Gasteiger partial charge in [0, 0.05) is 17.1 Å². The van der Waals surface area contributed by atoms with Crippen molar-refractivity contribution in [3.8, 4) is 5.69 Å². The standard InChI is InChI=1S/C17H23N3O2/c1-11-12(2)20(10-18-11)14-8-6-13(7-9-14)19-16(22)15(21)17(3,4)5/h6-10,15,21H,1-5H3,(H,19,22). The third-order valence-electron chi connectivity index (χ3n) is 3.73. The van der Waals surface area contributed by atoms with Crippen LogP contribution in [0.15, 0.2) is 30.6 Å². The number of aryl methyl sites for hydroxylation is 1. The van der Waals surface area contributed by atoms with Gasteiger partial charge in [-0.25, -0.2) is 4.98 Å². The lowest BCUT2D eigenvalue weighted by molar-refractivity contribution is -0.129. The second-order valence-corrected chi connectivity index (χ2v) is 6.59. The molecule has 5 heteroatoms. The summed E-state index contributed by atoms with van der Waals surface area (Å²) in [5.41, 5.74) is 3.22. The molecule has 2 N–H and O–H groups in total. The van der Waals surface area contributed by atoms with Crippen LogP contribution < -0.4 is 5.32 Å². The van der Waals surface area contributed by atoms with Gasteiger partial charge in [-0.3, -0.25) is 4.79 Å². The van der Waals surface area contributed by atoms with Crippen LogP contribution in [-0.4, -0.2) is 26.7 Å². The number of carbonyl (C=O) groups excluding carboxylic acids is 1. The number of imidazole rings is 1. The summed E-state index contributed by atoms with van der Waals surface area (Å²) in [5.74, 6) is -0.394. The number of nitrogens with one attached hydrogen (secondary N) is 1. The first kappa shape index (κ1) is 16.2. The number of rotatable bonds is 3. The first-order valence-electron chi connectivity index (χ1n) is 7.30. The molecule has 0 spiro atoms. The molecule has 1 unspecified atom stereocenters. The van der Waals surface area contributed by atoms with Gasteiger partial charge in [-0.2, -0.15) is 0 Å². The molecule has 2 aromatic rings. The molecule has 0 aliphatic heterocycles. The van der Waals surface area contributed by atoms with Crippen LogP contribution in [0.1, 0.15) is 32.2 Å². The summed E-state index contributed by atoms with van der Waals surface area (Å²) in [6.45, 7) is 9.45. The van der Waals surface area contributed by atoms with E-state index in [-0.39, 0.29) is 0 Å². The molecule has 118 valence electrons. The second kappa shape index (κ2) is 5.93. The van der Waals surface area contributed by atoms with E-state index >= 15 is 0 Å². The van der Waals surface area contributed by atoms with Crippen LogP contribution >= 0.6 is 0 Å². The largest absolute Gasteiger partial charge is 0.383 e. The minimum absolute atomic E-state index is 0.394. The van der Waals surface area contributed by atoms with Crippen molar-refractivity contribution < 1.29 is 9.90 Å². The molecule has 1 aromatic heterocycles. The summed E-state index contributed by atoms with van der Waals surface area (Å²) in [4.78, 5) is 16.3. The van der Waals surface area contributed by atoms with Gasteiger partial charge in [-0.05, 0) is 43.5 Å². The Morgan fingerprint density at radius 2 is 1.82 bits per heavy atom. The van der Waals surface area contributed by atoms with E-state index in [2.05, 4.69) is 10.3 Å². The van der Waals surface area contributed by atoms with Crippen LogP contribution in [0.25, 0.3) is 5.69 Å². The number of aliphatic hydroxyl groups is 1. The number of hydrogen-bond acceptors (Lipinski definition) is 3. The van der Waals surface area contributed by atoms with E-state index in [1.165, 1.54) is 0 Å². The van der Waals surface area contributed by atoms with Gasteiger partial charge in [0.1, 0.15) is 6.10 Å². The summed E-state index contributed by atoms with van der Waals surface area (Å²) < 4.78 is 1.99. The van der Waals surface area contributed by atoms with Gasteiger partial charge in [-0.1, -0.05) is 20.8 Å². The normalized spacial score (nSPS) is 13.0. The predicted octanol–water partition coefficient (Wildman–Crippen LogP) is 2.83. The molecule has 1 aromatic carbocycles. The first-order chi connectivity index (χ1) is 10.2. The number of aromatic nitrogens is 2. The Labute approximate surface area is 131 Å². The van der Waals surface area contributed by atoms with Crippen LogP contribution in [0.5, 0.6) is 0 Å². The maximum absolute atomic E-state index is 12.0. The Kier molecular flexibility index (Phi) is 4.37. The SMILES string of the molecule is Cc1ncn(-c2ccc(NC(=O)C(O)C(C)(C)C)cc2)c1C. The molecule has 0 aliphatic rings. The Morgan fingerprint density at radius 1 is 1.23 bits per heavy atom. The molecule has 0 radical (unpaired) electrons. The van der Waals surface area contributed by atoms with E-state index in [0.717, 1.165) is 17.1 Å². The highest BCUT2D eigenvalue weighted by molar-refractivity contribution is 5.94. The zero-order valence-corrected chi connectivity index (χ0v) is 13.7. The van der Waals surface area contributed by atoms with Gasteiger partial charge in [-0.15, -0.1) is 0 Å². The van der Waals surface area contributed by atoms with E-state index < -0.39 is 17.4 Å². The van der Waals surface area contributed by atoms with Crippen molar-refractivity contribution in [1.29, 1.82) is 0 Å². The Balaban J connectivity index is 2.13. The fourth-order valence-electron chi connectivity index (χ4n) is 2.07. The van der Waals surface area contributed by atoms with Crippen molar-refractivity contribution in [3.05, 3.63) is 42.0 Å². The Hall–Kier alpha value is -2.14. The van der Waals surface area contributed by atoms with Crippen LogP contribution in [-0.2, 0) is 4.79 Å². The molecule has 2 rings (SSSR count). The van der Waals surface area contributed by atoms with E-state index in [1.54, 1.807) is 6.33 Å². The van der Waals surface area contributed by atoms with Crippen molar-refractivity contribution >= 4 is 11.6 Å². The number of nitrogens with zero attached hydrogens (tertiary/aromatic N) is 2. The number of amides is 1. The minimum Gasteiger partial charge on any atom is -0.383 e. The summed E-state index contributed by atoms with van der Waals surface area (Å²) in [6.07, 6.45) is 0.729. The van der Waals surface area contributed by atoms with Crippen LogP contribution in [0.3, 0.4) is 0 Å². The van der Waals surface area contributed by atoms with Crippen molar-refractivity contribution in [2.45, 2.75) is 40.7 Å². The van der Waals surface area contributed by atoms with E-state index in [4.69, 9.17) is 0 Å². The van der Waals surface area contributed by atoms with Crippen LogP contribution in [0.2, 0.25) is 0 Å². The average molecular weight is 301 g/mol. The quantitative estimate of drug-likeness (QED) is 0.916. The van der Waals surface area contributed by atoms with Crippen molar-refractivity contribution in [2.24, 2.45) is 5.41 Å². The number of aliphatic hydroxyl groups excluding tert-OH is 1. The molecule has 0 saturated carbocycles.